The highest BCUT2D eigenvalue weighted by Gasteiger charge is 2.06. The number of anilines is 1. The number of ether oxygens (including phenoxy) is 1. The number of nitrogens with one attached hydrogen (secondary N) is 1. The van der Waals surface area contributed by atoms with Gasteiger partial charge in [-0.1, -0.05) is 42.5 Å². The van der Waals surface area contributed by atoms with Crippen LogP contribution >= 0.6 is 11.3 Å². The zero-order valence-electron chi connectivity index (χ0n) is 13.0. The molecule has 5 heteroatoms. The predicted molar refractivity (Wildman–Crippen MR) is 96.4 cm³/mol. The minimum atomic E-state index is 0.762. The van der Waals surface area contributed by atoms with Gasteiger partial charge in [0.15, 0.2) is 0 Å². The summed E-state index contributed by atoms with van der Waals surface area (Å²) in [6, 6.07) is 17.9. The second-order valence-corrected chi connectivity index (χ2v) is 5.77. The van der Waals surface area contributed by atoms with Crippen molar-refractivity contribution in [3.8, 4) is 17.0 Å². The van der Waals surface area contributed by atoms with E-state index in [1.807, 2.05) is 66.9 Å². The molecule has 0 aliphatic carbocycles. The molecule has 116 valence electrons. The molecule has 23 heavy (non-hydrogen) atoms. The summed E-state index contributed by atoms with van der Waals surface area (Å²) in [5.74, 6) is 0.805. The lowest BCUT2D eigenvalue weighted by molar-refractivity contribution is 0.414. The van der Waals surface area contributed by atoms with Crippen LogP contribution in [0.5, 0.6) is 5.75 Å². The van der Waals surface area contributed by atoms with Crippen LogP contribution in [-0.4, -0.2) is 17.8 Å². The van der Waals surface area contributed by atoms with Crippen LogP contribution in [0.25, 0.3) is 11.3 Å². The first-order valence-electron chi connectivity index (χ1n) is 7.22. The van der Waals surface area contributed by atoms with Gasteiger partial charge in [-0.05, 0) is 19.1 Å². The molecule has 3 aromatic rings. The Labute approximate surface area is 139 Å². The summed E-state index contributed by atoms with van der Waals surface area (Å²) in [5.41, 5.74) is 6.88. The van der Waals surface area contributed by atoms with E-state index < -0.39 is 0 Å². The van der Waals surface area contributed by atoms with E-state index in [2.05, 4.69) is 15.5 Å². The van der Waals surface area contributed by atoms with E-state index in [0.29, 0.717) is 0 Å². The van der Waals surface area contributed by atoms with Crippen LogP contribution in [0, 0.1) is 0 Å². The van der Waals surface area contributed by atoms with Crippen LogP contribution in [0.15, 0.2) is 65.1 Å². The van der Waals surface area contributed by atoms with Gasteiger partial charge in [-0.3, -0.25) is 5.43 Å². The second kappa shape index (κ2) is 7.07. The van der Waals surface area contributed by atoms with Gasteiger partial charge < -0.3 is 4.74 Å². The molecule has 0 atom stereocenters. The van der Waals surface area contributed by atoms with Crippen molar-refractivity contribution in [2.24, 2.45) is 5.10 Å². The van der Waals surface area contributed by atoms with Crippen molar-refractivity contribution >= 4 is 22.2 Å². The van der Waals surface area contributed by atoms with Crippen molar-refractivity contribution in [3.05, 3.63) is 65.5 Å². The van der Waals surface area contributed by atoms with E-state index in [9.17, 15) is 0 Å². The molecule has 1 N–H and O–H groups in total. The van der Waals surface area contributed by atoms with Crippen LogP contribution in [0.4, 0.5) is 5.13 Å². The Morgan fingerprint density at radius 1 is 1.09 bits per heavy atom. The van der Waals surface area contributed by atoms with Crippen LogP contribution < -0.4 is 10.2 Å². The van der Waals surface area contributed by atoms with Gasteiger partial charge >= 0.3 is 0 Å². The zero-order chi connectivity index (χ0) is 16.1. The molecule has 0 unspecified atom stereocenters. The monoisotopic (exact) mass is 323 g/mol. The van der Waals surface area contributed by atoms with Crippen molar-refractivity contribution in [1.82, 2.24) is 4.98 Å². The van der Waals surface area contributed by atoms with Crippen LogP contribution in [0.2, 0.25) is 0 Å². The SMILES string of the molecule is COc1ccccc1/C(C)=N\Nc1nc(-c2ccccc2)cs1. The van der Waals surface area contributed by atoms with E-state index in [1.54, 1.807) is 7.11 Å². The third-order valence-electron chi connectivity index (χ3n) is 3.39. The van der Waals surface area contributed by atoms with Gasteiger partial charge in [-0.15, -0.1) is 11.3 Å². The van der Waals surface area contributed by atoms with Crippen LogP contribution in [0.3, 0.4) is 0 Å². The lowest BCUT2D eigenvalue weighted by Crippen LogP contribution is -2.02. The summed E-state index contributed by atoms with van der Waals surface area (Å²) in [6.07, 6.45) is 0. The summed E-state index contributed by atoms with van der Waals surface area (Å²) in [5, 5.41) is 7.20. The minimum absolute atomic E-state index is 0.762. The summed E-state index contributed by atoms with van der Waals surface area (Å²) >= 11 is 1.53. The summed E-state index contributed by atoms with van der Waals surface area (Å²) < 4.78 is 5.36. The number of nitrogens with zero attached hydrogens (tertiary/aromatic N) is 2. The Morgan fingerprint density at radius 3 is 2.61 bits per heavy atom. The fourth-order valence-electron chi connectivity index (χ4n) is 2.20. The van der Waals surface area contributed by atoms with Crippen molar-refractivity contribution < 1.29 is 4.74 Å². The molecule has 0 radical (unpaired) electrons. The number of thiazole rings is 1. The molecular formula is C18H17N3OS. The lowest BCUT2D eigenvalue weighted by Gasteiger charge is -2.07. The number of para-hydroxylation sites is 1. The molecule has 0 aliphatic heterocycles. The number of hydrogen-bond acceptors (Lipinski definition) is 5. The van der Waals surface area contributed by atoms with Crippen LogP contribution in [0.1, 0.15) is 12.5 Å². The maximum Gasteiger partial charge on any atom is 0.203 e. The molecule has 0 saturated heterocycles. The second-order valence-electron chi connectivity index (χ2n) is 4.91. The Bertz CT molecular complexity index is 812. The predicted octanol–water partition coefficient (Wildman–Crippen LogP) is 4.65. The Hall–Kier alpha value is -2.66. The molecule has 1 aromatic heterocycles. The Morgan fingerprint density at radius 2 is 1.83 bits per heavy atom. The quantitative estimate of drug-likeness (QED) is 0.549. The minimum Gasteiger partial charge on any atom is -0.496 e. The Balaban J connectivity index is 1.76. The standard InChI is InChI=1S/C18H17N3OS/c1-13(15-10-6-7-11-17(15)22-2)20-21-18-19-16(12-23-18)14-8-4-3-5-9-14/h3-12H,1-2H3,(H,19,21)/b20-13-. The van der Waals surface area contributed by atoms with E-state index in [1.165, 1.54) is 11.3 Å². The smallest absolute Gasteiger partial charge is 0.203 e. The lowest BCUT2D eigenvalue weighted by atomic mass is 10.1. The fourth-order valence-corrected chi connectivity index (χ4v) is 2.86. The molecule has 2 aromatic carbocycles. The number of benzene rings is 2. The summed E-state index contributed by atoms with van der Waals surface area (Å²) in [6.45, 7) is 1.94. The van der Waals surface area contributed by atoms with Crippen molar-refractivity contribution in [2.45, 2.75) is 6.92 Å². The van der Waals surface area contributed by atoms with Gasteiger partial charge in [0.1, 0.15) is 5.75 Å². The van der Waals surface area contributed by atoms with Crippen molar-refractivity contribution in [3.63, 3.8) is 0 Å². The van der Waals surface area contributed by atoms with E-state index in [4.69, 9.17) is 4.74 Å². The normalized spacial score (nSPS) is 11.3. The first-order chi connectivity index (χ1) is 11.3. The molecule has 0 amide bonds. The molecule has 3 rings (SSSR count). The molecule has 4 nitrogen and oxygen atoms in total. The maximum atomic E-state index is 5.36. The highest BCUT2D eigenvalue weighted by molar-refractivity contribution is 7.14. The fraction of sp³-hybridized carbons (Fsp3) is 0.111. The number of hydrazone groups is 1. The van der Waals surface area contributed by atoms with Gasteiger partial charge in [-0.2, -0.15) is 5.10 Å². The van der Waals surface area contributed by atoms with E-state index in [-0.39, 0.29) is 0 Å². The molecule has 0 aliphatic rings. The van der Waals surface area contributed by atoms with Gasteiger partial charge in [0.25, 0.3) is 0 Å². The molecule has 0 spiro atoms. The van der Waals surface area contributed by atoms with Gasteiger partial charge in [0.05, 0.1) is 18.5 Å². The van der Waals surface area contributed by atoms with Gasteiger partial charge in [-0.25, -0.2) is 4.98 Å². The van der Waals surface area contributed by atoms with Gasteiger partial charge in [0.2, 0.25) is 5.13 Å². The summed E-state index contributed by atoms with van der Waals surface area (Å²) in [4.78, 5) is 4.56. The van der Waals surface area contributed by atoms with Crippen molar-refractivity contribution in [2.75, 3.05) is 12.5 Å². The average Bonchev–Trinajstić information content (AvgIpc) is 3.09. The molecular weight excluding hydrogens is 306 g/mol. The number of methoxy groups -OCH3 is 1. The van der Waals surface area contributed by atoms with Crippen LogP contribution in [-0.2, 0) is 0 Å². The highest BCUT2D eigenvalue weighted by Crippen LogP contribution is 2.25. The molecule has 1 heterocycles. The number of rotatable bonds is 5. The number of aromatic nitrogens is 1. The van der Waals surface area contributed by atoms with Crippen molar-refractivity contribution in [1.29, 1.82) is 0 Å². The molecule has 0 bridgehead atoms. The largest absolute Gasteiger partial charge is 0.496 e. The maximum absolute atomic E-state index is 5.36. The average molecular weight is 323 g/mol. The summed E-state index contributed by atoms with van der Waals surface area (Å²) in [7, 11) is 1.66. The topological polar surface area (TPSA) is 46.5 Å². The Kier molecular flexibility index (Phi) is 4.68. The molecule has 0 saturated carbocycles. The van der Waals surface area contributed by atoms with E-state index in [0.717, 1.165) is 33.4 Å². The third-order valence-corrected chi connectivity index (χ3v) is 4.14. The first-order valence-corrected chi connectivity index (χ1v) is 8.10. The highest BCUT2D eigenvalue weighted by atomic mass is 32.1. The third kappa shape index (κ3) is 3.57. The van der Waals surface area contributed by atoms with E-state index >= 15 is 0 Å². The van der Waals surface area contributed by atoms with Gasteiger partial charge in [0, 0.05) is 16.5 Å². The first kappa shape index (κ1) is 15.2. The molecule has 0 fully saturated rings. The zero-order valence-corrected chi connectivity index (χ0v) is 13.8. The number of hydrogen-bond donors (Lipinski definition) is 1.